The van der Waals surface area contributed by atoms with Crippen LogP contribution in [0.1, 0.15) is 17.9 Å². The van der Waals surface area contributed by atoms with Gasteiger partial charge in [-0.25, -0.2) is 5.06 Å². The molecule has 0 bridgehead atoms. The van der Waals surface area contributed by atoms with E-state index in [4.69, 9.17) is 15.0 Å². The fourth-order valence-corrected chi connectivity index (χ4v) is 2.56. The van der Waals surface area contributed by atoms with Crippen LogP contribution >= 0.6 is 7.60 Å². The molecule has 1 atom stereocenters. The quantitative estimate of drug-likeness (QED) is 0.425. The molecule has 1 aromatic carbocycles. The summed E-state index contributed by atoms with van der Waals surface area (Å²) in [6.07, 6.45) is -0.571. The first-order chi connectivity index (χ1) is 8.29. The lowest BCUT2D eigenvalue weighted by Crippen LogP contribution is -2.25. The molecule has 1 aromatic rings. The molecule has 0 fully saturated rings. The monoisotopic (exact) mass is 273 g/mol. The highest BCUT2D eigenvalue weighted by molar-refractivity contribution is 7.51. The van der Waals surface area contributed by atoms with Crippen molar-refractivity contribution in [1.29, 1.82) is 0 Å². The third kappa shape index (κ3) is 4.98. The van der Waals surface area contributed by atoms with Crippen molar-refractivity contribution in [2.45, 2.75) is 12.3 Å². The molecule has 0 radical (unpaired) electrons. The van der Waals surface area contributed by atoms with Crippen LogP contribution in [0.3, 0.4) is 0 Å². The van der Waals surface area contributed by atoms with Crippen LogP contribution in [0.15, 0.2) is 30.3 Å². The minimum Gasteiger partial charge on any atom is -0.324 e. The molecule has 0 heterocycles. The molecule has 0 unspecified atom stereocenters. The third-order valence-electron chi connectivity index (χ3n) is 2.51. The molecule has 0 saturated heterocycles. The zero-order chi connectivity index (χ0) is 13.8. The Hall–Kier alpha value is -1.20. The van der Waals surface area contributed by atoms with E-state index < -0.39 is 25.6 Å². The van der Waals surface area contributed by atoms with E-state index in [1.54, 1.807) is 30.3 Å². The van der Waals surface area contributed by atoms with Gasteiger partial charge in [-0.15, -0.1) is 0 Å². The fourth-order valence-electron chi connectivity index (χ4n) is 1.64. The summed E-state index contributed by atoms with van der Waals surface area (Å²) in [5.41, 5.74) is 0.663. The minimum absolute atomic E-state index is 0.151. The summed E-state index contributed by atoms with van der Waals surface area (Å²) in [7, 11) is -3.04. The Bertz CT molecular complexity index is 442. The zero-order valence-corrected chi connectivity index (χ0v) is 10.8. The van der Waals surface area contributed by atoms with E-state index in [2.05, 4.69) is 0 Å². The van der Waals surface area contributed by atoms with E-state index >= 15 is 0 Å². The van der Waals surface area contributed by atoms with Gasteiger partial charge in [0.2, 0.25) is 5.91 Å². The van der Waals surface area contributed by atoms with E-state index in [-0.39, 0.29) is 6.42 Å². The van der Waals surface area contributed by atoms with Gasteiger partial charge in [0.15, 0.2) is 0 Å². The van der Waals surface area contributed by atoms with Gasteiger partial charge in [-0.1, -0.05) is 30.3 Å². The molecule has 0 aliphatic rings. The van der Waals surface area contributed by atoms with Crippen molar-refractivity contribution in [2.24, 2.45) is 0 Å². The van der Waals surface area contributed by atoms with E-state index in [9.17, 15) is 9.36 Å². The van der Waals surface area contributed by atoms with E-state index in [0.717, 1.165) is 0 Å². The predicted molar refractivity (Wildman–Crippen MR) is 65.3 cm³/mol. The fraction of sp³-hybridized carbons (Fsp3) is 0.364. The third-order valence-corrected chi connectivity index (χ3v) is 3.43. The summed E-state index contributed by atoms with van der Waals surface area (Å²) in [5.74, 6) is -1.20. The lowest BCUT2D eigenvalue weighted by molar-refractivity contribution is -0.159. The van der Waals surface area contributed by atoms with Gasteiger partial charge in [-0.2, -0.15) is 0 Å². The van der Waals surface area contributed by atoms with Crippen LogP contribution in [0, 0.1) is 0 Å². The predicted octanol–water partition coefficient (Wildman–Crippen LogP) is 1.19. The average Bonchev–Trinajstić information content (AvgIpc) is 2.27. The first-order valence-corrected chi connectivity index (χ1v) is 7.14. The van der Waals surface area contributed by atoms with Gasteiger partial charge in [0.05, 0.1) is 6.16 Å². The molecule has 0 aliphatic carbocycles. The second kappa shape index (κ2) is 6.11. The Balaban J connectivity index is 2.89. The molecule has 0 saturated carbocycles. The second-order valence-corrected chi connectivity index (χ2v) is 5.77. The van der Waals surface area contributed by atoms with Crippen molar-refractivity contribution in [1.82, 2.24) is 5.06 Å². The number of carbonyl (C=O) groups excluding carboxylic acids is 1. The number of hydrogen-bond donors (Lipinski definition) is 3. The second-order valence-electron chi connectivity index (χ2n) is 4.08. The Morgan fingerprint density at radius 3 is 2.33 bits per heavy atom. The smallest absolute Gasteiger partial charge is 0.324 e. The number of nitrogens with zero attached hydrogens (tertiary/aromatic N) is 1. The summed E-state index contributed by atoms with van der Waals surface area (Å²) in [4.78, 5) is 29.5. The Kier molecular flexibility index (Phi) is 5.04. The maximum Gasteiger partial charge on any atom is 0.326 e. The van der Waals surface area contributed by atoms with Gasteiger partial charge in [0, 0.05) is 19.4 Å². The summed E-state index contributed by atoms with van der Waals surface area (Å²) >= 11 is 0. The highest BCUT2D eigenvalue weighted by Gasteiger charge is 2.26. The highest BCUT2D eigenvalue weighted by atomic mass is 31.2. The molecular weight excluding hydrogens is 257 g/mol. The Labute approximate surface area is 105 Å². The van der Waals surface area contributed by atoms with Crippen molar-refractivity contribution in [3.63, 3.8) is 0 Å². The molecule has 0 aromatic heterocycles. The maximum absolute atomic E-state index is 11.4. The number of carbonyl (C=O) groups is 1. The molecular formula is C11H16NO5P. The molecule has 7 heteroatoms. The highest BCUT2D eigenvalue weighted by Crippen LogP contribution is 2.41. The SMILES string of the molecule is CN(O)C(=O)C[C@@H](CP(=O)(O)O)c1ccccc1. The molecule has 1 amide bonds. The Morgan fingerprint density at radius 2 is 1.89 bits per heavy atom. The summed E-state index contributed by atoms with van der Waals surface area (Å²) < 4.78 is 11.1. The summed E-state index contributed by atoms with van der Waals surface area (Å²) in [6, 6.07) is 8.64. The van der Waals surface area contributed by atoms with Crippen LogP contribution < -0.4 is 0 Å². The van der Waals surface area contributed by atoms with Crippen molar-refractivity contribution >= 4 is 13.5 Å². The number of rotatable bonds is 5. The van der Waals surface area contributed by atoms with Gasteiger partial charge >= 0.3 is 7.60 Å². The van der Waals surface area contributed by atoms with E-state index in [1.165, 1.54) is 7.05 Å². The van der Waals surface area contributed by atoms with Gasteiger partial charge in [0.25, 0.3) is 0 Å². The van der Waals surface area contributed by atoms with Gasteiger partial charge in [-0.3, -0.25) is 14.6 Å². The number of hydroxylamine groups is 2. The van der Waals surface area contributed by atoms with Crippen LogP contribution in [0.5, 0.6) is 0 Å². The lowest BCUT2D eigenvalue weighted by atomic mass is 9.97. The molecule has 0 spiro atoms. The van der Waals surface area contributed by atoms with Crippen LogP contribution in [-0.2, 0) is 9.36 Å². The van der Waals surface area contributed by atoms with Gasteiger partial charge < -0.3 is 9.79 Å². The zero-order valence-electron chi connectivity index (χ0n) is 9.93. The van der Waals surface area contributed by atoms with Crippen LogP contribution in [-0.4, -0.2) is 39.2 Å². The maximum atomic E-state index is 11.4. The number of hydrogen-bond acceptors (Lipinski definition) is 3. The molecule has 18 heavy (non-hydrogen) atoms. The van der Waals surface area contributed by atoms with Gasteiger partial charge in [-0.05, 0) is 5.56 Å². The van der Waals surface area contributed by atoms with Crippen molar-refractivity contribution in [3.05, 3.63) is 35.9 Å². The lowest BCUT2D eigenvalue weighted by Gasteiger charge is -2.19. The normalized spacial score (nSPS) is 13.1. The molecule has 100 valence electrons. The van der Waals surface area contributed by atoms with Crippen molar-refractivity contribution in [3.8, 4) is 0 Å². The van der Waals surface area contributed by atoms with Gasteiger partial charge in [0.1, 0.15) is 0 Å². The largest absolute Gasteiger partial charge is 0.326 e. The number of benzene rings is 1. The van der Waals surface area contributed by atoms with Crippen LogP contribution in [0.25, 0.3) is 0 Å². The molecule has 3 N–H and O–H groups in total. The first kappa shape index (κ1) is 14.9. The van der Waals surface area contributed by atoms with E-state index in [1.807, 2.05) is 0 Å². The Morgan fingerprint density at radius 1 is 1.33 bits per heavy atom. The average molecular weight is 273 g/mol. The van der Waals surface area contributed by atoms with Crippen LogP contribution in [0.4, 0.5) is 0 Å². The number of amides is 1. The molecule has 6 nitrogen and oxygen atoms in total. The van der Waals surface area contributed by atoms with Crippen molar-refractivity contribution in [2.75, 3.05) is 13.2 Å². The van der Waals surface area contributed by atoms with E-state index in [0.29, 0.717) is 10.6 Å². The summed E-state index contributed by atoms with van der Waals surface area (Å²) in [6.45, 7) is 0. The van der Waals surface area contributed by atoms with Crippen molar-refractivity contribution < 1.29 is 24.4 Å². The van der Waals surface area contributed by atoms with Crippen LogP contribution in [0.2, 0.25) is 0 Å². The molecule has 1 rings (SSSR count). The minimum atomic E-state index is -4.23. The topological polar surface area (TPSA) is 98.1 Å². The standard InChI is InChI=1S/C11H16NO5P/c1-12(14)11(13)7-10(8-18(15,16)17)9-5-3-2-4-6-9/h2-6,10,14H,7-8H2,1H3,(H2,15,16,17)/t10-/m0/s1. The molecule has 0 aliphatic heterocycles. The summed E-state index contributed by atoms with van der Waals surface area (Å²) in [5, 5.41) is 9.43. The first-order valence-electron chi connectivity index (χ1n) is 5.34.